The van der Waals surface area contributed by atoms with Crippen molar-refractivity contribution < 1.29 is 23.4 Å². The van der Waals surface area contributed by atoms with E-state index in [0.29, 0.717) is 34.3 Å². The predicted molar refractivity (Wildman–Crippen MR) is 122 cm³/mol. The summed E-state index contributed by atoms with van der Waals surface area (Å²) in [5, 5.41) is 4.31. The van der Waals surface area contributed by atoms with Crippen LogP contribution in [0, 0.1) is 5.82 Å². The molecule has 9 heteroatoms. The molecule has 0 aliphatic carbocycles. The number of esters is 1. The van der Waals surface area contributed by atoms with Crippen LogP contribution in [0.1, 0.15) is 45.6 Å². The van der Waals surface area contributed by atoms with Crippen molar-refractivity contribution in [2.75, 3.05) is 0 Å². The molecule has 7 nitrogen and oxygen atoms in total. The third-order valence-corrected chi connectivity index (χ3v) is 6.75. The molecule has 0 saturated heterocycles. The summed E-state index contributed by atoms with van der Waals surface area (Å²) in [7, 11) is 0. The minimum absolute atomic E-state index is 0.0941. The van der Waals surface area contributed by atoms with Crippen molar-refractivity contribution in [1.29, 1.82) is 0 Å². The number of aromatic nitrogens is 2. The maximum absolute atomic E-state index is 14.2. The second-order valence-electron chi connectivity index (χ2n) is 8.27. The van der Waals surface area contributed by atoms with Crippen LogP contribution in [0.5, 0.6) is 5.75 Å². The summed E-state index contributed by atoms with van der Waals surface area (Å²) in [6.45, 7) is 0.678. The van der Waals surface area contributed by atoms with Gasteiger partial charge in [-0.05, 0) is 48.2 Å². The monoisotopic (exact) mass is 478 g/mol. The highest BCUT2D eigenvalue weighted by Crippen LogP contribution is 2.37. The average Bonchev–Trinajstić information content (AvgIpc) is 3.54. The molecule has 0 amide bonds. The van der Waals surface area contributed by atoms with Crippen LogP contribution in [0.25, 0.3) is 10.9 Å². The molecular weight excluding hydrogens is 459 g/mol. The number of rotatable bonds is 4. The zero-order valence-corrected chi connectivity index (χ0v) is 18.8. The molecule has 1 atom stereocenters. The lowest BCUT2D eigenvalue weighted by molar-refractivity contribution is -0.112. The Balaban J connectivity index is 1.25. The van der Waals surface area contributed by atoms with Gasteiger partial charge >= 0.3 is 5.97 Å². The molecule has 0 bridgehead atoms. The number of hydrogen-bond donors (Lipinski definition) is 0. The van der Waals surface area contributed by atoms with E-state index in [0.717, 1.165) is 24.2 Å². The Labute approximate surface area is 197 Å². The standard InChI is InChI=1S/C25H19FN2O5S/c26-18-8-16(22-17(9-18)12-32-25(33-22)15-5-7-34-13-15)11-31-24(30)14-3-4-19-20(10-14)27-21-2-1-6-28(21)23(19)29/h3-5,7-10,13,25H,1-2,6,11-12H2. The van der Waals surface area contributed by atoms with E-state index >= 15 is 0 Å². The van der Waals surface area contributed by atoms with Crippen LogP contribution in [-0.2, 0) is 35.7 Å². The van der Waals surface area contributed by atoms with Crippen molar-refractivity contribution in [2.45, 2.75) is 38.9 Å². The second kappa shape index (κ2) is 8.34. The lowest BCUT2D eigenvalue weighted by atomic mass is 10.1. The highest BCUT2D eigenvalue weighted by Gasteiger charge is 2.26. The average molecular weight is 479 g/mol. The SMILES string of the molecule is O=C(OCc1cc(F)cc2c1OC(c1ccsc1)OC2)c1ccc2c(=O)n3c(nc2c1)CCC3. The van der Waals surface area contributed by atoms with Crippen LogP contribution in [-0.4, -0.2) is 15.5 Å². The Morgan fingerprint density at radius 2 is 2.18 bits per heavy atom. The molecule has 2 aliphatic heterocycles. The fourth-order valence-corrected chi connectivity index (χ4v) is 5.06. The molecule has 0 spiro atoms. The van der Waals surface area contributed by atoms with Crippen molar-refractivity contribution in [3.05, 3.63) is 91.4 Å². The maximum atomic E-state index is 14.2. The zero-order valence-electron chi connectivity index (χ0n) is 18.0. The van der Waals surface area contributed by atoms with Crippen molar-refractivity contribution >= 4 is 28.2 Å². The van der Waals surface area contributed by atoms with Gasteiger partial charge in [0.15, 0.2) is 0 Å². The van der Waals surface area contributed by atoms with Crippen LogP contribution in [0.15, 0.2) is 52.0 Å². The van der Waals surface area contributed by atoms with Gasteiger partial charge in [-0.2, -0.15) is 11.3 Å². The number of carbonyl (C=O) groups is 1. The van der Waals surface area contributed by atoms with Crippen molar-refractivity contribution in [3.8, 4) is 5.75 Å². The number of benzene rings is 2. The molecule has 34 heavy (non-hydrogen) atoms. The molecular formula is C25H19FN2O5S. The molecule has 6 rings (SSSR count). The number of thiophene rings is 1. The van der Waals surface area contributed by atoms with Crippen LogP contribution in [0.4, 0.5) is 4.39 Å². The maximum Gasteiger partial charge on any atom is 0.338 e. The Hall–Kier alpha value is -3.56. The Morgan fingerprint density at radius 1 is 1.26 bits per heavy atom. The number of carbonyl (C=O) groups excluding carboxylic acids is 1. The highest BCUT2D eigenvalue weighted by atomic mass is 32.1. The van der Waals surface area contributed by atoms with E-state index in [-0.39, 0.29) is 24.3 Å². The van der Waals surface area contributed by atoms with E-state index in [4.69, 9.17) is 14.2 Å². The van der Waals surface area contributed by atoms with Gasteiger partial charge in [0.05, 0.1) is 23.1 Å². The van der Waals surface area contributed by atoms with Gasteiger partial charge in [-0.25, -0.2) is 14.2 Å². The Kier molecular flexibility index (Phi) is 5.15. The summed E-state index contributed by atoms with van der Waals surface area (Å²) in [5.74, 6) is 0.133. The molecule has 4 aromatic rings. The summed E-state index contributed by atoms with van der Waals surface area (Å²) in [5.41, 5.74) is 2.49. The van der Waals surface area contributed by atoms with Gasteiger partial charge in [0, 0.05) is 35.0 Å². The minimum atomic E-state index is -0.605. The van der Waals surface area contributed by atoms with Crippen molar-refractivity contribution in [1.82, 2.24) is 9.55 Å². The number of hydrogen-bond acceptors (Lipinski definition) is 7. The molecule has 0 N–H and O–H groups in total. The van der Waals surface area contributed by atoms with Gasteiger partial charge in [-0.15, -0.1) is 0 Å². The summed E-state index contributed by atoms with van der Waals surface area (Å²) in [4.78, 5) is 30.0. The smallest absolute Gasteiger partial charge is 0.338 e. The predicted octanol–water partition coefficient (Wildman–Crippen LogP) is 4.51. The normalized spacial score (nSPS) is 16.7. The quantitative estimate of drug-likeness (QED) is 0.402. The van der Waals surface area contributed by atoms with Crippen LogP contribution in [0.2, 0.25) is 0 Å². The van der Waals surface area contributed by atoms with Gasteiger partial charge in [0.1, 0.15) is 24.0 Å². The minimum Gasteiger partial charge on any atom is -0.460 e. The van der Waals surface area contributed by atoms with E-state index < -0.39 is 18.1 Å². The fraction of sp³-hybridized carbons (Fsp3) is 0.240. The van der Waals surface area contributed by atoms with Crippen molar-refractivity contribution in [3.63, 3.8) is 0 Å². The zero-order chi connectivity index (χ0) is 23.2. The van der Waals surface area contributed by atoms with E-state index in [1.807, 2.05) is 16.8 Å². The Morgan fingerprint density at radius 3 is 3.03 bits per heavy atom. The first kappa shape index (κ1) is 21.0. The lowest BCUT2D eigenvalue weighted by Gasteiger charge is -2.27. The van der Waals surface area contributed by atoms with Gasteiger partial charge in [0.25, 0.3) is 5.56 Å². The Bertz CT molecular complexity index is 1480. The van der Waals surface area contributed by atoms with E-state index in [2.05, 4.69) is 4.98 Å². The molecule has 0 fully saturated rings. The first-order chi connectivity index (χ1) is 16.6. The van der Waals surface area contributed by atoms with E-state index in [1.165, 1.54) is 23.5 Å². The van der Waals surface area contributed by atoms with Gasteiger partial charge in [-0.1, -0.05) is 0 Å². The number of aryl methyl sites for hydroxylation is 1. The second-order valence-corrected chi connectivity index (χ2v) is 9.05. The summed E-state index contributed by atoms with van der Waals surface area (Å²) in [6.07, 6.45) is 1.01. The number of nitrogens with zero attached hydrogens (tertiary/aromatic N) is 2. The highest BCUT2D eigenvalue weighted by molar-refractivity contribution is 7.07. The molecule has 0 radical (unpaired) electrons. The lowest BCUT2D eigenvalue weighted by Crippen LogP contribution is -2.21. The fourth-order valence-electron chi connectivity index (χ4n) is 4.39. The van der Waals surface area contributed by atoms with Crippen LogP contribution in [0.3, 0.4) is 0 Å². The van der Waals surface area contributed by atoms with E-state index in [9.17, 15) is 14.0 Å². The molecule has 1 unspecified atom stereocenters. The van der Waals surface area contributed by atoms with Gasteiger partial charge in [-0.3, -0.25) is 9.36 Å². The summed E-state index contributed by atoms with van der Waals surface area (Å²) < 4.78 is 33.1. The molecule has 2 aliphatic rings. The van der Waals surface area contributed by atoms with Crippen molar-refractivity contribution in [2.24, 2.45) is 0 Å². The van der Waals surface area contributed by atoms with Crippen LogP contribution >= 0.6 is 11.3 Å². The first-order valence-electron chi connectivity index (χ1n) is 10.9. The van der Waals surface area contributed by atoms with Crippen LogP contribution < -0.4 is 10.3 Å². The summed E-state index contributed by atoms with van der Waals surface area (Å²) in [6, 6.07) is 9.27. The molecule has 172 valence electrons. The number of ether oxygens (including phenoxy) is 3. The van der Waals surface area contributed by atoms with Gasteiger partial charge in [0.2, 0.25) is 6.29 Å². The third kappa shape index (κ3) is 3.66. The molecule has 2 aromatic heterocycles. The van der Waals surface area contributed by atoms with E-state index in [1.54, 1.807) is 22.8 Å². The molecule has 4 heterocycles. The largest absolute Gasteiger partial charge is 0.460 e. The van der Waals surface area contributed by atoms with Gasteiger partial charge < -0.3 is 14.2 Å². The molecule has 2 aromatic carbocycles. The summed E-state index contributed by atoms with van der Waals surface area (Å²) >= 11 is 1.53. The topological polar surface area (TPSA) is 79.7 Å². The third-order valence-electron chi connectivity index (χ3n) is 6.05. The number of fused-ring (bicyclic) bond motifs is 3. The first-order valence-corrected chi connectivity index (χ1v) is 11.8. The molecule has 0 saturated carbocycles. The number of halogens is 1.